The molecule has 2 aliphatic rings. The molecule has 3 aromatic carbocycles. The van der Waals surface area contributed by atoms with Crippen molar-refractivity contribution in [3.05, 3.63) is 90.0 Å². The van der Waals surface area contributed by atoms with E-state index in [1.807, 2.05) is 61.5 Å². The highest BCUT2D eigenvalue weighted by Gasteiger charge is 2.42. The van der Waals surface area contributed by atoms with Crippen molar-refractivity contribution in [3.8, 4) is 5.75 Å². The molecule has 3 aromatic rings. The summed E-state index contributed by atoms with van der Waals surface area (Å²) in [6, 6.07) is 23.9. The summed E-state index contributed by atoms with van der Waals surface area (Å²) in [5.74, 6) is 0.580. The van der Waals surface area contributed by atoms with E-state index in [9.17, 15) is 14.4 Å². The summed E-state index contributed by atoms with van der Waals surface area (Å²) in [6.45, 7) is 2.44. The van der Waals surface area contributed by atoms with Crippen LogP contribution in [0, 0.1) is 0 Å². The van der Waals surface area contributed by atoms with Gasteiger partial charge in [-0.05, 0) is 49.1 Å². The summed E-state index contributed by atoms with van der Waals surface area (Å²) in [5, 5.41) is 5.77. The smallest absolute Gasteiger partial charge is 0.259 e. The summed E-state index contributed by atoms with van der Waals surface area (Å²) in [4.78, 5) is 50.5. The molecule has 9 nitrogen and oxygen atoms in total. The molecule has 42 heavy (non-hydrogen) atoms. The van der Waals surface area contributed by atoms with Gasteiger partial charge in [-0.3, -0.25) is 19.4 Å². The van der Waals surface area contributed by atoms with Crippen LogP contribution < -0.4 is 15.4 Å². The predicted molar refractivity (Wildman–Crippen MR) is 166 cm³/mol. The molecular formula is C32H33N5O4S. The van der Waals surface area contributed by atoms with Crippen LogP contribution in [0.1, 0.15) is 37.3 Å². The highest BCUT2D eigenvalue weighted by molar-refractivity contribution is 8.15. The maximum atomic E-state index is 13.6. The molecule has 2 N–H and O–H groups in total. The van der Waals surface area contributed by atoms with Crippen molar-refractivity contribution in [1.29, 1.82) is 0 Å². The fourth-order valence-electron chi connectivity index (χ4n) is 4.79. The maximum absolute atomic E-state index is 13.6. The highest BCUT2D eigenvalue weighted by atomic mass is 32.2. The molecule has 0 aromatic heterocycles. The summed E-state index contributed by atoms with van der Waals surface area (Å²) in [7, 11) is 1.57. The van der Waals surface area contributed by atoms with E-state index in [0.29, 0.717) is 41.1 Å². The Morgan fingerprint density at radius 2 is 1.83 bits per heavy atom. The molecule has 0 bridgehead atoms. The molecule has 0 saturated carbocycles. The first-order chi connectivity index (χ1) is 20.5. The fraction of sp³-hybridized carbons (Fsp3) is 0.281. The molecule has 0 fully saturated rings. The Morgan fingerprint density at radius 1 is 1.05 bits per heavy atom. The Morgan fingerprint density at radius 3 is 2.62 bits per heavy atom. The van der Waals surface area contributed by atoms with Crippen LogP contribution in [0.4, 0.5) is 11.4 Å². The Bertz CT molecular complexity index is 1520. The van der Waals surface area contributed by atoms with Gasteiger partial charge in [0, 0.05) is 30.3 Å². The first-order valence-electron chi connectivity index (χ1n) is 14.0. The monoisotopic (exact) mass is 583 g/mol. The number of carbonyl (C=O) groups is 3. The lowest BCUT2D eigenvalue weighted by Gasteiger charge is -2.27. The number of nitrogens with one attached hydrogen (secondary N) is 2. The van der Waals surface area contributed by atoms with E-state index in [1.54, 1.807) is 31.4 Å². The predicted octanol–water partition coefficient (Wildman–Crippen LogP) is 4.94. The number of para-hydroxylation sites is 1. The van der Waals surface area contributed by atoms with Crippen LogP contribution in [0.5, 0.6) is 5.75 Å². The van der Waals surface area contributed by atoms with Crippen molar-refractivity contribution in [2.24, 2.45) is 9.98 Å². The molecular weight excluding hydrogens is 550 g/mol. The number of fused-ring (bicyclic) bond motifs is 3. The second-order valence-corrected chi connectivity index (χ2v) is 11.1. The summed E-state index contributed by atoms with van der Waals surface area (Å²) in [5.41, 5.74) is 3.21. The summed E-state index contributed by atoms with van der Waals surface area (Å²) < 4.78 is 5.26. The maximum Gasteiger partial charge on any atom is 0.259 e. The van der Waals surface area contributed by atoms with E-state index in [1.165, 1.54) is 16.7 Å². The molecule has 5 rings (SSSR count). The quantitative estimate of drug-likeness (QED) is 0.332. The van der Waals surface area contributed by atoms with E-state index < -0.39 is 11.3 Å². The standard InChI is InChI=1S/C32H33N5O4S/c1-3-27(30(39)34-22-12-9-13-23(20-22)41-2)42-32-36-25-15-8-7-14-24(25)29-35-26(31(40)37(29)32)16-17-28(38)33-19-18-21-10-5-4-6-11-21/h4-15,20,26-27H,3,16-19H2,1-2H3,(H,33,38)(H,34,39). The number of nitrogens with zero attached hydrogens (tertiary/aromatic N) is 3. The first kappa shape index (κ1) is 29.1. The molecule has 0 radical (unpaired) electrons. The number of methoxy groups -OCH3 is 1. The van der Waals surface area contributed by atoms with Gasteiger partial charge in [0.1, 0.15) is 17.6 Å². The van der Waals surface area contributed by atoms with Crippen LogP contribution in [0.25, 0.3) is 0 Å². The molecule has 10 heteroatoms. The molecule has 3 amide bonds. The third-order valence-electron chi connectivity index (χ3n) is 7.02. The lowest BCUT2D eigenvalue weighted by molar-refractivity contribution is -0.125. The van der Waals surface area contributed by atoms with Crippen LogP contribution in [-0.4, -0.2) is 58.6 Å². The molecule has 0 saturated heterocycles. The first-order valence-corrected chi connectivity index (χ1v) is 14.9. The second kappa shape index (κ2) is 13.5. The molecule has 2 aliphatic heterocycles. The number of ether oxygens (including phenoxy) is 1. The van der Waals surface area contributed by atoms with Gasteiger partial charge in [-0.2, -0.15) is 0 Å². The number of hydrogen-bond acceptors (Lipinski definition) is 7. The lowest BCUT2D eigenvalue weighted by atomic mass is 10.1. The minimum absolute atomic E-state index is 0.118. The Kier molecular flexibility index (Phi) is 9.33. The van der Waals surface area contributed by atoms with Gasteiger partial charge >= 0.3 is 0 Å². The zero-order valence-electron chi connectivity index (χ0n) is 23.6. The Balaban J connectivity index is 1.26. The number of hydrogen-bond donors (Lipinski definition) is 2. The summed E-state index contributed by atoms with van der Waals surface area (Å²) >= 11 is 1.23. The third-order valence-corrected chi connectivity index (χ3v) is 8.34. The van der Waals surface area contributed by atoms with Gasteiger partial charge in [-0.25, -0.2) is 9.89 Å². The second-order valence-electron chi connectivity index (χ2n) is 9.91. The molecule has 216 valence electrons. The number of aliphatic imine (C=N–C) groups is 2. The van der Waals surface area contributed by atoms with E-state index in [-0.39, 0.29) is 30.6 Å². The van der Waals surface area contributed by atoms with Crippen molar-refractivity contribution in [3.63, 3.8) is 0 Å². The van der Waals surface area contributed by atoms with Gasteiger partial charge < -0.3 is 15.4 Å². The Hall–Kier alpha value is -4.44. The van der Waals surface area contributed by atoms with Crippen molar-refractivity contribution >= 4 is 51.9 Å². The third kappa shape index (κ3) is 6.71. The van der Waals surface area contributed by atoms with Gasteiger partial charge in [-0.1, -0.05) is 67.2 Å². The number of carbonyl (C=O) groups excluding carboxylic acids is 3. The lowest BCUT2D eigenvalue weighted by Crippen LogP contribution is -2.42. The van der Waals surface area contributed by atoms with Crippen molar-refractivity contribution in [2.45, 2.75) is 43.9 Å². The minimum atomic E-state index is -0.706. The van der Waals surface area contributed by atoms with Crippen molar-refractivity contribution in [1.82, 2.24) is 10.2 Å². The number of thioether (sulfide) groups is 1. The van der Waals surface area contributed by atoms with Gasteiger partial charge in [0.05, 0.1) is 18.0 Å². The number of benzene rings is 3. The highest BCUT2D eigenvalue weighted by Crippen LogP contribution is 2.36. The van der Waals surface area contributed by atoms with Crippen LogP contribution in [0.15, 0.2) is 88.8 Å². The average Bonchev–Trinajstić information content (AvgIpc) is 3.35. The number of amidine groups is 2. The van der Waals surface area contributed by atoms with E-state index >= 15 is 0 Å². The van der Waals surface area contributed by atoms with E-state index in [4.69, 9.17) is 14.7 Å². The number of rotatable bonds is 11. The molecule has 0 aliphatic carbocycles. The Labute approximate surface area is 249 Å². The van der Waals surface area contributed by atoms with Crippen LogP contribution >= 0.6 is 11.8 Å². The normalized spacial score (nSPS) is 16.1. The molecule has 0 spiro atoms. The molecule has 2 atom stereocenters. The number of anilines is 1. The van der Waals surface area contributed by atoms with Crippen LogP contribution in [0.2, 0.25) is 0 Å². The van der Waals surface area contributed by atoms with Crippen LogP contribution in [0.3, 0.4) is 0 Å². The van der Waals surface area contributed by atoms with Gasteiger partial charge in [-0.15, -0.1) is 0 Å². The molecule has 2 unspecified atom stereocenters. The largest absolute Gasteiger partial charge is 0.497 e. The zero-order valence-corrected chi connectivity index (χ0v) is 24.4. The van der Waals surface area contributed by atoms with Gasteiger partial charge in [0.2, 0.25) is 11.8 Å². The van der Waals surface area contributed by atoms with Gasteiger partial charge in [0.15, 0.2) is 5.17 Å². The summed E-state index contributed by atoms with van der Waals surface area (Å²) in [6.07, 6.45) is 1.71. The topological polar surface area (TPSA) is 112 Å². The average molecular weight is 584 g/mol. The SMILES string of the molecule is CCC(SC1=Nc2ccccc2C2=NC(CCC(=O)NCCc3ccccc3)C(=O)N12)C(=O)Nc1cccc(OC)c1. The zero-order chi connectivity index (χ0) is 29.5. The van der Waals surface area contributed by atoms with Crippen LogP contribution in [-0.2, 0) is 20.8 Å². The van der Waals surface area contributed by atoms with Crippen molar-refractivity contribution in [2.75, 3.05) is 19.0 Å². The number of amides is 3. The van der Waals surface area contributed by atoms with Crippen molar-refractivity contribution < 1.29 is 19.1 Å². The molecule has 2 heterocycles. The fourth-order valence-corrected chi connectivity index (χ4v) is 5.81. The van der Waals surface area contributed by atoms with E-state index in [0.717, 1.165) is 17.5 Å². The van der Waals surface area contributed by atoms with Gasteiger partial charge in [0.25, 0.3) is 5.91 Å². The minimum Gasteiger partial charge on any atom is -0.497 e. The van der Waals surface area contributed by atoms with E-state index in [2.05, 4.69) is 10.6 Å².